The zero-order valence-corrected chi connectivity index (χ0v) is 15.0. The van der Waals surface area contributed by atoms with Gasteiger partial charge in [0, 0.05) is 5.69 Å². The van der Waals surface area contributed by atoms with Crippen molar-refractivity contribution in [1.29, 1.82) is 0 Å². The highest BCUT2D eigenvalue weighted by molar-refractivity contribution is 7.37. The first-order valence-corrected chi connectivity index (χ1v) is 9.85. The Morgan fingerprint density at radius 3 is 2.19 bits per heavy atom. The minimum atomic E-state index is 0.785. The van der Waals surface area contributed by atoms with E-state index in [9.17, 15) is 0 Å². The van der Waals surface area contributed by atoms with Crippen LogP contribution in [-0.4, -0.2) is 12.3 Å². The molecule has 0 radical (unpaired) electrons. The van der Waals surface area contributed by atoms with Gasteiger partial charge in [-0.3, -0.25) is 0 Å². The lowest BCUT2D eigenvalue weighted by Gasteiger charge is -2.00. The Bertz CT molecular complexity index is 339. The fourth-order valence-electron chi connectivity index (χ4n) is 2.03. The van der Waals surface area contributed by atoms with Gasteiger partial charge in [-0.05, 0) is 30.4 Å². The zero-order chi connectivity index (χ0) is 15.8. The number of benzene rings is 1. The Labute approximate surface area is 134 Å². The third-order valence-electron chi connectivity index (χ3n) is 3.35. The summed E-state index contributed by atoms with van der Waals surface area (Å²) >= 11 is 0. The first-order valence-electron chi connectivity index (χ1n) is 8.43. The third-order valence-corrected chi connectivity index (χ3v) is 4.91. The molecule has 1 atom stereocenters. The van der Waals surface area contributed by atoms with E-state index in [1.54, 1.807) is 6.08 Å². The number of nitrogen functional groups attached to an aromatic ring is 1. The van der Waals surface area contributed by atoms with Crippen molar-refractivity contribution in [3.05, 3.63) is 36.4 Å². The molecule has 0 fully saturated rings. The van der Waals surface area contributed by atoms with E-state index in [0.29, 0.717) is 0 Å². The summed E-state index contributed by atoms with van der Waals surface area (Å²) < 4.78 is 0. The molecule has 21 heavy (non-hydrogen) atoms. The van der Waals surface area contributed by atoms with Crippen LogP contribution in [0.5, 0.6) is 0 Å². The number of rotatable bonds is 10. The fourth-order valence-corrected chi connectivity index (χ4v) is 3.13. The van der Waals surface area contributed by atoms with Gasteiger partial charge in [0.05, 0.1) is 0 Å². The number of anilines is 1. The predicted molar refractivity (Wildman–Crippen MR) is 103 cm³/mol. The van der Waals surface area contributed by atoms with Crippen molar-refractivity contribution in [2.75, 3.05) is 18.1 Å². The zero-order valence-electron chi connectivity index (χ0n) is 14.0. The second-order valence-corrected chi connectivity index (χ2v) is 6.85. The van der Waals surface area contributed by atoms with Crippen LogP contribution < -0.4 is 5.73 Å². The molecule has 0 aliphatic rings. The number of nitrogens with two attached hydrogens (primary N) is 1. The minimum absolute atomic E-state index is 0.785. The Kier molecular flexibility index (Phi) is 15.0. The highest BCUT2D eigenvalue weighted by Gasteiger charge is 1.90. The third kappa shape index (κ3) is 12.6. The first kappa shape index (κ1) is 20.2. The second-order valence-electron chi connectivity index (χ2n) is 5.35. The number of hydrogen-bond donors (Lipinski definition) is 1. The summed E-state index contributed by atoms with van der Waals surface area (Å²) in [5, 5.41) is 0. The van der Waals surface area contributed by atoms with Crippen LogP contribution in [0.4, 0.5) is 5.69 Å². The van der Waals surface area contributed by atoms with Gasteiger partial charge in [0.15, 0.2) is 0 Å². The van der Waals surface area contributed by atoms with Crippen molar-refractivity contribution < 1.29 is 0 Å². The van der Waals surface area contributed by atoms with Gasteiger partial charge in [-0.2, -0.15) is 0 Å². The summed E-state index contributed by atoms with van der Waals surface area (Å²) in [4.78, 5) is 0. The Balaban J connectivity index is 0.000000394. The molecule has 0 aliphatic carbocycles. The summed E-state index contributed by atoms with van der Waals surface area (Å²) in [6, 6.07) is 7.63. The summed E-state index contributed by atoms with van der Waals surface area (Å²) in [6.07, 6.45) is 14.8. The van der Waals surface area contributed by atoms with Crippen molar-refractivity contribution in [2.24, 2.45) is 0 Å². The summed E-state index contributed by atoms with van der Waals surface area (Å²) in [6.45, 7) is 8.18. The van der Waals surface area contributed by atoms with Gasteiger partial charge in [-0.15, -0.1) is 8.58 Å². The maximum atomic E-state index is 5.56. The molecule has 1 aromatic carbocycles. The molecule has 1 rings (SSSR count). The van der Waals surface area contributed by atoms with E-state index in [2.05, 4.69) is 20.4 Å². The lowest BCUT2D eigenvalue weighted by Crippen LogP contribution is -1.86. The molecule has 0 bridgehead atoms. The van der Waals surface area contributed by atoms with Gasteiger partial charge in [-0.1, -0.05) is 83.2 Å². The molecule has 0 saturated heterocycles. The van der Waals surface area contributed by atoms with Crippen LogP contribution in [0.2, 0.25) is 0 Å². The highest BCUT2D eigenvalue weighted by atomic mass is 31.1. The van der Waals surface area contributed by atoms with Crippen molar-refractivity contribution in [2.45, 2.75) is 58.8 Å². The van der Waals surface area contributed by atoms with E-state index >= 15 is 0 Å². The highest BCUT2D eigenvalue weighted by Crippen LogP contribution is 2.15. The van der Waals surface area contributed by atoms with Gasteiger partial charge in [0.1, 0.15) is 0 Å². The lowest BCUT2D eigenvalue weighted by atomic mass is 10.1. The molecule has 2 heteroatoms. The molecule has 0 saturated carbocycles. The number of unbranched alkanes of at least 4 members (excludes halogenated alkanes) is 5. The standard InChI is InChI=1S/C11H25P.C8H9N/c1-3-5-6-7-8-9-11-12-10-4-2;1-2-7-5-3-4-6-8(7)9/h12H,3-11H2,1-2H3;2-6H,1,9H2. The molecule has 1 unspecified atom stereocenters. The van der Waals surface area contributed by atoms with Crippen LogP contribution in [0, 0.1) is 0 Å². The van der Waals surface area contributed by atoms with Crippen molar-refractivity contribution in [3.63, 3.8) is 0 Å². The minimum Gasteiger partial charge on any atom is -0.398 e. The van der Waals surface area contributed by atoms with Crippen LogP contribution in [0.3, 0.4) is 0 Å². The smallest absolute Gasteiger partial charge is 0.0387 e. The summed E-state index contributed by atoms with van der Waals surface area (Å²) in [5.41, 5.74) is 7.34. The topological polar surface area (TPSA) is 26.0 Å². The lowest BCUT2D eigenvalue weighted by molar-refractivity contribution is 0.626. The Morgan fingerprint density at radius 2 is 1.62 bits per heavy atom. The van der Waals surface area contributed by atoms with E-state index in [4.69, 9.17) is 5.73 Å². The average Bonchev–Trinajstić information content (AvgIpc) is 2.51. The molecule has 1 nitrogen and oxygen atoms in total. The molecule has 2 N–H and O–H groups in total. The fraction of sp³-hybridized carbons (Fsp3) is 0.579. The monoisotopic (exact) mass is 307 g/mol. The number of para-hydroxylation sites is 1. The van der Waals surface area contributed by atoms with E-state index in [-0.39, 0.29) is 0 Å². The molecule has 120 valence electrons. The maximum absolute atomic E-state index is 5.56. The maximum Gasteiger partial charge on any atom is 0.0387 e. The SMILES string of the molecule is C=Cc1ccccc1N.CCCCCCCCPCCC. The van der Waals surface area contributed by atoms with Crippen LogP contribution >= 0.6 is 8.58 Å². The normalized spacial score (nSPS) is 10.4. The molecule has 0 aliphatic heterocycles. The van der Waals surface area contributed by atoms with Gasteiger partial charge in [0.2, 0.25) is 0 Å². The molecule has 0 amide bonds. The average molecular weight is 307 g/mol. The molecular formula is C19H34NP. The van der Waals surface area contributed by atoms with Crippen LogP contribution in [0.1, 0.15) is 64.4 Å². The van der Waals surface area contributed by atoms with Gasteiger partial charge in [-0.25, -0.2) is 0 Å². The predicted octanol–water partition coefficient (Wildman–Crippen LogP) is 6.35. The largest absolute Gasteiger partial charge is 0.398 e. The van der Waals surface area contributed by atoms with Gasteiger partial charge in [0.25, 0.3) is 0 Å². The van der Waals surface area contributed by atoms with E-state index in [1.165, 1.54) is 65.9 Å². The van der Waals surface area contributed by atoms with Gasteiger partial charge >= 0.3 is 0 Å². The molecule has 0 aromatic heterocycles. The van der Waals surface area contributed by atoms with E-state index < -0.39 is 0 Å². The molecular weight excluding hydrogens is 273 g/mol. The van der Waals surface area contributed by atoms with Crippen molar-refractivity contribution >= 4 is 20.3 Å². The van der Waals surface area contributed by atoms with Crippen LogP contribution in [0.25, 0.3) is 6.08 Å². The second kappa shape index (κ2) is 15.6. The Hall–Kier alpha value is -0.810. The summed E-state index contributed by atoms with van der Waals surface area (Å²) in [5.74, 6) is 0. The molecule has 1 aromatic rings. The Morgan fingerprint density at radius 1 is 0.952 bits per heavy atom. The van der Waals surface area contributed by atoms with Gasteiger partial charge < -0.3 is 5.73 Å². The van der Waals surface area contributed by atoms with Crippen molar-refractivity contribution in [3.8, 4) is 0 Å². The number of hydrogen-bond acceptors (Lipinski definition) is 1. The van der Waals surface area contributed by atoms with Crippen molar-refractivity contribution in [1.82, 2.24) is 0 Å². The first-order chi connectivity index (χ1) is 10.3. The van der Waals surface area contributed by atoms with E-state index in [1.807, 2.05) is 24.3 Å². The van der Waals surface area contributed by atoms with Crippen LogP contribution in [-0.2, 0) is 0 Å². The molecule has 0 spiro atoms. The van der Waals surface area contributed by atoms with E-state index in [0.717, 1.165) is 11.3 Å². The molecule has 0 heterocycles. The summed E-state index contributed by atoms with van der Waals surface area (Å²) in [7, 11) is 1.24. The van der Waals surface area contributed by atoms with Crippen LogP contribution in [0.15, 0.2) is 30.8 Å². The quantitative estimate of drug-likeness (QED) is 0.304.